The summed E-state index contributed by atoms with van der Waals surface area (Å²) in [7, 11) is -10.6. The molecule has 0 aliphatic heterocycles. The lowest BCUT2D eigenvalue weighted by Gasteiger charge is -2.30. The van der Waals surface area contributed by atoms with Gasteiger partial charge in [0.1, 0.15) is 48.9 Å². The predicted octanol–water partition coefficient (Wildman–Crippen LogP) is 9.72. The fraction of sp³-hybridized carbons (Fsp3) is 0.254. The van der Waals surface area contributed by atoms with Gasteiger partial charge in [0, 0.05) is 54.1 Å². The summed E-state index contributed by atoms with van der Waals surface area (Å²) in [6, 6.07) is 33.8. The van der Waals surface area contributed by atoms with Crippen LogP contribution in [0.2, 0.25) is 0 Å². The largest absolute Gasteiger partial charge is 0.744 e. The number of H-pyrrole nitrogens is 2. The van der Waals surface area contributed by atoms with Gasteiger partial charge < -0.3 is 34.3 Å². The number of fused-ring (bicyclic) bond motifs is 2. The third-order valence-electron chi connectivity index (χ3n) is 13.2. The number of rotatable bonds is 18. The SMILES string of the molecule is CCC(C)(C)c1ccc(OCCCCNC(=O)c2cc(Oc3ccc(NN=C4C(=O)c5c(cc(S(=O)(=O)[O-])cc5NC(C)=O)C=C4S(=O)(=O)[O-])cc3)c3ccccc3c2O)c(C(C)(C)CC)c1.c1cc[nH+]cc1.c1cc[nH+]cc1. The first kappa shape index (κ1) is 59.9. The quantitative estimate of drug-likeness (QED) is 0.0354. The number of carbonyl (C=O) groups excluding carboxylic acids is 3. The third kappa shape index (κ3) is 15.9. The Morgan fingerprint density at radius 3 is 1.89 bits per heavy atom. The van der Waals surface area contributed by atoms with Crippen LogP contribution in [-0.4, -0.2) is 67.5 Å². The first-order chi connectivity index (χ1) is 37.4. The number of aromatic nitrogens is 2. The van der Waals surface area contributed by atoms with Gasteiger partial charge in [0.2, 0.25) is 11.7 Å². The fourth-order valence-corrected chi connectivity index (χ4v) is 9.17. The molecule has 414 valence electrons. The van der Waals surface area contributed by atoms with Crippen molar-refractivity contribution in [2.24, 2.45) is 5.10 Å². The number of phenols is 1. The van der Waals surface area contributed by atoms with E-state index in [1.54, 1.807) is 24.3 Å². The Morgan fingerprint density at radius 1 is 0.722 bits per heavy atom. The minimum Gasteiger partial charge on any atom is -0.744 e. The highest BCUT2D eigenvalue weighted by Crippen LogP contribution is 2.40. The molecule has 6 N–H and O–H groups in total. The molecule has 20 heteroatoms. The number of hydrogen-bond acceptors (Lipinski definition) is 14. The van der Waals surface area contributed by atoms with Crippen LogP contribution < -0.4 is 35.5 Å². The molecule has 5 aromatic carbocycles. The zero-order chi connectivity index (χ0) is 57.5. The van der Waals surface area contributed by atoms with Crippen LogP contribution in [0.5, 0.6) is 23.0 Å². The molecule has 0 bridgehead atoms. The molecule has 0 atom stereocenters. The van der Waals surface area contributed by atoms with Crippen LogP contribution in [-0.2, 0) is 35.9 Å². The molecule has 1 aliphatic carbocycles. The number of allylic oxidation sites excluding steroid dienone is 1. The van der Waals surface area contributed by atoms with Crippen molar-refractivity contribution in [3.8, 4) is 23.0 Å². The molecular weight excluding hydrogens is 1050 g/mol. The van der Waals surface area contributed by atoms with Gasteiger partial charge in [0.15, 0.2) is 24.8 Å². The number of unbranched alkanes of at least 4 members (excludes halogenated alkanes) is 1. The lowest BCUT2D eigenvalue weighted by atomic mass is 9.76. The van der Waals surface area contributed by atoms with Crippen molar-refractivity contribution in [2.75, 3.05) is 23.9 Å². The Bertz CT molecular complexity index is 3510. The summed E-state index contributed by atoms with van der Waals surface area (Å²) < 4.78 is 84.9. The number of nitrogens with zero attached hydrogens (tertiary/aromatic N) is 1. The number of anilines is 2. The molecule has 2 amide bonds. The molecular formula is C59H64N6O12S2. The van der Waals surface area contributed by atoms with Crippen molar-refractivity contribution in [2.45, 2.75) is 89.9 Å². The lowest BCUT2D eigenvalue weighted by Crippen LogP contribution is -2.29. The summed E-state index contributed by atoms with van der Waals surface area (Å²) in [4.78, 5) is 42.9. The molecule has 0 radical (unpaired) electrons. The molecule has 7 aromatic rings. The zero-order valence-corrected chi connectivity index (χ0v) is 46.5. The highest BCUT2D eigenvalue weighted by atomic mass is 32.2. The smallest absolute Gasteiger partial charge is 0.255 e. The molecule has 18 nitrogen and oxygen atoms in total. The molecule has 0 saturated carbocycles. The number of hydrazone groups is 1. The summed E-state index contributed by atoms with van der Waals surface area (Å²) in [5, 5.41) is 21.1. The maximum atomic E-state index is 13.7. The Hall–Kier alpha value is -8.30. The fourth-order valence-electron chi connectivity index (χ4n) is 7.99. The number of benzene rings is 5. The molecule has 1 aliphatic rings. The Morgan fingerprint density at radius 2 is 1.34 bits per heavy atom. The van der Waals surface area contributed by atoms with Gasteiger partial charge in [-0.25, -0.2) is 26.8 Å². The molecule has 0 saturated heterocycles. The molecule has 79 heavy (non-hydrogen) atoms. The minimum atomic E-state index is -5.41. The molecule has 0 unspecified atom stereocenters. The van der Waals surface area contributed by atoms with E-state index in [4.69, 9.17) is 9.47 Å². The number of hydrogen-bond donors (Lipinski definition) is 4. The maximum absolute atomic E-state index is 13.7. The van der Waals surface area contributed by atoms with Gasteiger partial charge >= 0.3 is 0 Å². The van der Waals surface area contributed by atoms with Crippen LogP contribution in [0.3, 0.4) is 0 Å². The predicted molar refractivity (Wildman–Crippen MR) is 300 cm³/mol. The van der Waals surface area contributed by atoms with E-state index in [2.05, 4.69) is 90.9 Å². The topological polar surface area (TPSA) is 281 Å². The number of ether oxygens (including phenoxy) is 2. The van der Waals surface area contributed by atoms with Crippen LogP contribution in [0.1, 0.15) is 112 Å². The van der Waals surface area contributed by atoms with Crippen LogP contribution in [0.15, 0.2) is 161 Å². The number of amides is 2. The molecule has 2 heterocycles. The second-order valence-electron chi connectivity index (χ2n) is 19.5. The van der Waals surface area contributed by atoms with Gasteiger partial charge in [-0.2, -0.15) is 5.10 Å². The molecule has 0 fully saturated rings. The monoisotopic (exact) mass is 1110 g/mol. The van der Waals surface area contributed by atoms with Crippen molar-refractivity contribution in [1.82, 2.24) is 5.32 Å². The number of phenolic OH excluding ortho intramolecular Hbond substituents is 1. The standard InChI is InChI=1S/C49H54N4O12S2.2C5H5N/c1-8-48(4,5)31-16-21-40(38(26-31)49(6,7)9-2)64-23-13-12-22-50-47(57)37-28-41(35-14-10-11-15-36(35)45(37)55)65-33-19-17-32(18-20-33)52-53-44-42(67(61,62)63)25-30-24-34(66(58,59)60)27-39(51-29(3)54)43(30)46(44)56;2*1-2-4-6-5-3-1/h10-11,14-21,24-28,52,55H,8-9,12-13,22-23H2,1-7H3,(H,50,57)(H,51,54)(H,58,59,60)(H,61,62,63);2*1-5H. The van der Waals surface area contributed by atoms with Crippen molar-refractivity contribution in [1.29, 1.82) is 0 Å². The number of aromatic hydroxyl groups is 1. The minimum absolute atomic E-state index is 0.0102. The summed E-state index contributed by atoms with van der Waals surface area (Å²) in [6.07, 6.45) is 11.4. The van der Waals surface area contributed by atoms with Crippen LogP contribution >= 0.6 is 0 Å². The number of ketones is 1. The first-order valence-electron chi connectivity index (χ1n) is 25.3. The average Bonchev–Trinajstić information content (AvgIpc) is 3.55. The second-order valence-corrected chi connectivity index (χ2v) is 22.3. The highest BCUT2D eigenvalue weighted by molar-refractivity contribution is 7.91. The number of pyridine rings is 2. The number of carbonyl (C=O) groups is 3. The van der Waals surface area contributed by atoms with Gasteiger partial charge in [0.05, 0.1) is 38.9 Å². The number of aromatic amines is 2. The van der Waals surface area contributed by atoms with Gasteiger partial charge in [-0.3, -0.25) is 19.8 Å². The zero-order valence-electron chi connectivity index (χ0n) is 44.9. The Kier molecular flexibility index (Phi) is 20.0. The maximum Gasteiger partial charge on any atom is 0.255 e. The highest BCUT2D eigenvalue weighted by Gasteiger charge is 2.33. The van der Waals surface area contributed by atoms with Crippen molar-refractivity contribution >= 4 is 71.8 Å². The molecule has 0 spiro atoms. The number of Topliss-reactive ketones (excluding diaryl/α,β-unsaturated/α-hetero) is 1. The van der Waals surface area contributed by atoms with E-state index in [0.29, 0.717) is 42.8 Å². The van der Waals surface area contributed by atoms with Gasteiger partial charge in [-0.15, -0.1) is 0 Å². The number of nitrogens with one attached hydrogen (secondary N) is 5. The van der Waals surface area contributed by atoms with E-state index < -0.39 is 70.2 Å². The van der Waals surface area contributed by atoms with E-state index in [-0.39, 0.29) is 39.3 Å². The Balaban J connectivity index is 0.000000740. The summed E-state index contributed by atoms with van der Waals surface area (Å²) in [5.74, 6) is -1.27. The van der Waals surface area contributed by atoms with E-state index >= 15 is 0 Å². The first-order valence-corrected chi connectivity index (χ1v) is 28.2. The lowest BCUT2D eigenvalue weighted by molar-refractivity contribution is -0.378. The summed E-state index contributed by atoms with van der Waals surface area (Å²) >= 11 is 0. The van der Waals surface area contributed by atoms with Crippen molar-refractivity contribution in [3.63, 3.8) is 0 Å². The third-order valence-corrected chi connectivity index (χ3v) is 14.8. The summed E-state index contributed by atoms with van der Waals surface area (Å²) in [5.41, 5.74) is 3.00. The van der Waals surface area contributed by atoms with E-state index in [9.17, 15) is 45.4 Å². The Labute approximate surface area is 460 Å². The van der Waals surface area contributed by atoms with E-state index in [1.807, 2.05) is 61.2 Å². The second kappa shape index (κ2) is 26.4. The van der Waals surface area contributed by atoms with Crippen LogP contribution in [0.25, 0.3) is 16.8 Å². The van der Waals surface area contributed by atoms with Crippen molar-refractivity contribution < 1.29 is 64.9 Å². The van der Waals surface area contributed by atoms with Crippen LogP contribution in [0, 0.1) is 0 Å². The molecule has 8 rings (SSSR count). The van der Waals surface area contributed by atoms with E-state index in [0.717, 1.165) is 37.6 Å². The van der Waals surface area contributed by atoms with Gasteiger partial charge in [0.25, 0.3) is 5.91 Å². The van der Waals surface area contributed by atoms with Gasteiger partial charge in [-0.05, 0) is 102 Å². The normalized spacial score (nSPS) is 12.9. The van der Waals surface area contributed by atoms with Crippen LogP contribution in [0.4, 0.5) is 11.4 Å². The van der Waals surface area contributed by atoms with Crippen molar-refractivity contribution in [3.05, 3.63) is 179 Å². The average molecular weight is 1110 g/mol. The van der Waals surface area contributed by atoms with Gasteiger partial charge in [-0.1, -0.05) is 90.1 Å². The van der Waals surface area contributed by atoms with E-state index in [1.165, 1.54) is 41.5 Å². The summed E-state index contributed by atoms with van der Waals surface area (Å²) in [6.45, 7) is 15.1. The molecule has 2 aromatic heterocycles.